The Balaban J connectivity index is 1.32. The fourth-order valence-electron chi connectivity index (χ4n) is 4.29. The molecule has 0 spiro atoms. The average molecular weight is 458 g/mol. The molecule has 2 aromatic heterocycles. The predicted molar refractivity (Wildman–Crippen MR) is 118 cm³/mol. The van der Waals surface area contributed by atoms with Gasteiger partial charge in [0.2, 0.25) is 0 Å². The maximum atomic E-state index is 12.7. The number of rotatable bonds is 3. The van der Waals surface area contributed by atoms with Crippen molar-refractivity contribution in [2.75, 3.05) is 39.4 Å². The largest absolute Gasteiger partial charge is 0.378 e. The Labute approximate surface area is 189 Å². The zero-order valence-corrected chi connectivity index (χ0v) is 18.3. The zero-order valence-electron chi connectivity index (χ0n) is 17.5. The van der Waals surface area contributed by atoms with Crippen LogP contribution in [0.25, 0.3) is 11.2 Å². The first-order chi connectivity index (χ1) is 15.6. The summed E-state index contributed by atoms with van der Waals surface area (Å²) >= 11 is 6.09. The van der Waals surface area contributed by atoms with Crippen LogP contribution in [0.2, 0.25) is 5.02 Å². The van der Waals surface area contributed by atoms with Gasteiger partial charge in [-0.15, -0.1) is 5.10 Å². The van der Waals surface area contributed by atoms with Crippen LogP contribution < -0.4 is 5.56 Å². The van der Waals surface area contributed by atoms with Gasteiger partial charge in [-0.1, -0.05) is 28.9 Å². The topological polar surface area (TPSA) is 109 Å². The van der Waals surface area contributed by atoms with E-state index in [4.69, 9.17) is 21.3 Å². The van der Waals surface area contributed by atoms with Crippen molar-refractivity contribution in [3.8, 4) is 0 Å². The van der Waals surface area contributed by atoms with Gasteiger partial charge in [-0.25, -0.2) is 14.5 Å². The third kappa shape index (κ3) is 4.20. The highest BCUT2D eigenvalue weighted by molar-refractivity contribution is 6.30. The van der Waals surface area contributed by atoms with Gasteiger partial charge in [-0.2, -0.15) is 0 Å². The second-order valence-electron chi connectivity index (χ2n) is 8.14. The van der Waals surface area contributed by atoms with E-state index in [2.05, 4.69) is 15.3 Å². The SMILES string of the molecule is O=C(N1CCOCC1)N1CCC(c2nc3c(nnn3Cc3cccc(Cl)c3)c(=O)[nH]2)CC1. The van der Waals surface area contributed by atoms with Crippen LogP contribution in [0.4, 0.5) is 4.79 Å². The standard InChI is InChI=1S/C21H24ClN7O3/c22-16-3-1-2-14(12-16)13-29-19-17(25-26-29)20(30)24-18(23-19)15-4-6-27(7-5-15)21(31)28-8-10-32-11-9-28/h1-3,12,15H,4-11,13H2,(H,23,24,30). The number of hydrogen-bond donors (Lipinski definition) is 1. The monoisotopic (exact) mass is 457 g/mol. The van der Waals surface area contributed by atoms with Crippen LogP contribution >= 0.6 is 11.6 Å². The number of carbonyl (C=O) groups excluding carboxylic acids is 1. The number of likely N-dealkylation sites (tertiary alicyclic amines) is 1. The average Bonchev–Trinajstić information content (AvgIpc) is 3.22. The van der Waals surface area contributed by atoms with Gasteiger partial charge in [-0.05, 0) is 30.5 Å². The molecule has 2 fully saturated rings. The second-order valence-corrected chi connectivity index (χ2v) is 8.58. The van der Waals surface area contributed by atoms with E-state index < -0.39 is 0 Å². The van der Waals surface area contributed by atoms with Crippen molar-refractivity contribution in [1.29, 1.82) is 0 Å². The first-order valence-electron chi connectivity index (χ1n) is 10.8. The number of nitrogens with zero attached hydrogens (tertiary/aromatic N) is 6. The Morgan fingerprint density at radius 2 is 1.91 bits per heavy atom. The van der Waals surface area contributed by atoms with Crippen molar-refractivity contribution < 1.29 is 9.53 Å². The lowest BCUT2D eigenvalue weighted by molar-refractivity contribution is 0.0410. The Bertz CT molecular complexity index is 1180. The molecule has 0 unspecified atom stereocenters. The molecule has 5 rings (SSSR count). The summed E-state index contributed by atoms with van der Waals surface area (Å²) in [4.78, 5) is 36.7. The van der Waals surface area contributed by atoms with E-state index in [0.717, 1.165) is 18.4 Å². The van der Waals surface area contributed by atoms with Crippen molar-refractivity contribution in [2.45, 2.75) is 25.3 Å². The number of fused-ring (bicyclic) bond motifs is 1. The Kier molecular flexibility index (Phi) is 5.79. The van der Waals surface area contributed by atoms with Crippen molar-refractivity contribution >= 4 is 28.8 Å². The number of aromatic nitrogens is 5. The first kappa shape index (κ1) is 20.9. The molecule has 10 nitrogen and oxygen atoms in total. The van der Waals surface area contributed by atoms with Gasteiger partial charge in [-0.3, -0.25) is 4.79 Å². The summed E-state index contributed by atoms with van der Waals surface area (Å²) < 4.78 is 6.95. The van der Waals surface area contributed by atoms with Crippen LogP contribution in [0.15, 0.2) is 29.1 Å². The molecule has 168 valence electrons. The lowest BCUT2D eigenvalue weighted by atomic mass is 9.96. The van der Waals surface area contributed by atoms with Crippen LogP contribution in [0.3, 0.4) is 0 Å². The van der Waals surface area contributed by atoms with Gasteiger partial charge in [0.05, 0.1) is 19.8 Å². The quantitative estimate of drug-likeness (QED) is 0.642. The normalized spacial score (nSPS) is 17.8. The summed E-state index contributed by atoms with van der Waals surface area (Å²) in [5.74, 6) is 0.686. The fourth-order valence-corrected chi connectivity index (χ4v) is 4.50. The molecule has 1 N–H and O–H groups in total. The maximum Gasteiger partial charge on any atom is 0.320 e. The molecule has 0 atom stereocenters. The van der Waals surface area contributed by atoms with Gasteiger partial charge in [0.1, 0.15) is 5.82 Å². The minimum absolute atomic E-state index is 0.0625. The number of urea groups is 1. The molecule has 0 radical (unpaired) electrons. The highest BCUT2D eigenvalue weighted by Crippen LogP contribution is 2.26. The number of H-pyrrole nitrogens is 1. The summed E-state index contributed by atoms with van der Waals surface area (Å²) in [6.45, 7) is 4.11. The number of nitrogens with one attached hydrogen (secondary N) is 1. The number of aromatic amines is 1. The Hall–Kier alpha value is -2.98. The number of benzene rings is 1. The van der Waals surface area contributed by atoms with E-state index in [9.17, 15) is 9.59 Å². The highest BCUT2D eigenvalue weighted by Gasteiger charge is 2.29. The minimum Gasteiger partial charge on any atom is -0.378 e. The predicted octanol–water partition coefficient (Wildman–Crippen LogP) is 1.85. The summed E-state index contributed by atoms with van der Waals surface area (Å²) in [5.41, 5.74) is 1.32. The third-order valence-electron chi connectivity index (χ3n) is 6.05. The lowest BCUT2D eigenvalue weighted by Crippen LogP contribution is -2.50. The molecule has 0 bridgehead atoms. The van der Waals surface area contributed by atoms with Gasteiger partial charge < -0.3 is 19.5 Å². The minimum atomic E-state index is -0.297. The van der Waals surface area contributed by atoms with Gasteiger partial charge >= 0.3 is 6.03 Å². The van der Waals surface area contributed by atoms with E-state index in [-0.39, 0.29) is 23.0 Å². The van der Waals surface area contributed by atoms with E-state index >= 15 is 0 Å². The van der Waals surface area contributed by atoms with Crippen LogP contribution in [0.1, 0.15) is 30.1 Å². The zero-order chi connectivity index (χ0) is 22.1. The molecule has 0 saturated carbocycles. The van der Waals surface area contributed by atoms with Crippen molar-refractivity contribution in [2.24, 2.45) is 0 Å². The number of amides is 2. The fraction of sp³-hybridized carbons (Fsp3) is 0.476. The van der Waals surface area contributed by atoms with Crippen LogP contribution in [-0.4, -0.2) is 80.2 Å². The van der Waals surface area contributed by atoms with Crippen LogP contribution in [0.5, 0.6) is 0 Å². The number of hydrogen-bond acceptors (Lipinski definition) is 6. The van der Waals surface area contributed by atoms with Gasteiger partial charge in [0, 0.05) is 37.1 Å². The molecule has 11 heteroatoms. The number of morpholine rings is 1. The molecule has 1 aromatic carbocycles. The van der Waals surface area contributed by atoms with E-state index in [1.165, 1.54) is 0 Å². The Morgan fingerprint density at radius 1 is 1.16 bits per heavy atom. The van der Waals surface area contributed by atoms with Crippen molar-refractivity contribution in [1.82, 2.24) is 34.8 Å². The van der Waals surface area contributed by atoms with E-state index in [1.807, 2.05) is 34.1 Å². The second kappa shape index (κ2) is 8.87. The van der Waals surface area contributed by atoms with Crippen molar-refractivity contribution in [3.05, 3.63) is 51.0 Å². The molecule has 32 heavy (non-hydrogen) atoms. The maximum absolute atomic E-state index is 12.7. The van der Waals surface area contributed by atoms with E-state index in [1.54, 1.807) is 4.68 Å². The molecule has 2 amide bonds. The Morgan fingerprint density at radius 3 is 2.66 bits per heavy atom. The first-order valence-corrected chi connectivity index (χ1v) is 11.2. The number of carbonyl (C=O) groups is 1. The highest BCUT2D eigenvalue weighted by atomic mass is 35.5. The van der Waals surface area contributed by atoms with Crippen LogP contribution in [-0.2, 0) is 11.3 Å². The number of ether oxygens (including phenoxy) is 1. The number of piperidine rings is 1. The summed E-state index contributed by atoms with van der Waals surface area (Å²) in [5, 5.41) is 8.78. The van der Waals surface area contributed by atoms with Crippen molar-refractivity contribution in [3.63, 3.8) is 0 Å². The van der Waals surface area contributed by atoms with Gasteiger partial charge in [0.25, 0.3) is 5.56 Å². The molecular weight excluding hydrogens is 434 g/mol. The molecular formula is C21H24ClN7O3. The van der Waals surface area contributed by atoms with Gasteiger partial charge in [0.15, 0.2) is 11.2 Å². The third-order valence-corrected chi connectivity index (χ3v) is 6.28. The molecule has 0 aliphatic carbocycles. The van der Waals surface area contributed by atoms with E-state index in [0.29, 0.717) is 62.4 Å². The summed E-state index contributed by atoms with van der Waals surface area (Å²) in [6, 6.07) is 7.53. The molecule has 2 aliphatic heterocycles. The van der Waals surface area contributed by atoms with Crippen LogP contribution in [0, 0.1) is 0 Å². The smallest absolute Gasteiger partial charge is 0.320 e. The summed E-state index contributed by atoms with van der Waals surface area (Å²) in [6.07, 6.45) is 1.47. The lowest BCUT2D eigenvalue weighted by Gasteiger charge is -2.36. The number of halogens is 1. The molecule has 2 aliphatic rings. The molecule has 4 heterocycles. The molecule has 2 saturated heterocycles. The molecule has 3 aromatic rings. The summed E-state index contributed by atoms with van der Waals surface area (Å²) in [7, 11) is 0.